The molecule has 0 fully saturated rings. The van der Waals surface area contributed by atoms with Crippen molar-refractivity contribution in [2.45, 2.75) is 26.3 Å². The molecule has 0 aromatic carbocycles. The van der Waals surface area contributed by atoms with Crippen molar-refractivity contribution in [1.82, 2.24) is 24.8 Å². The molecule has 0 aliphatic heterocycles. The summed E-state index contributed by atoms with van der Waals surface area (Å²) in [6.07, 6.45) is -0.0174. The van der Waals surface area contributed by atoms with Gasteiger partial charge >= 0.3 is 6.03 Å². The predicted molar refractivity (Wildman–Crippen MR) is 77.9 cm³/mol. The molecule has 0 saturated heterocycles. The highest BCUT2D eigenvalue weighted by atomic mass is 32.2. The fourth-order valence-corrected chi connectivity index (χ4v) is 1.87. The van der Waals surface area contributed by atoms with Gasteiger partial charge in [-0.15, -0.1) is 4.33 Å². The van der Waals surface area contributed by atoms with E-state index in [0.717, 1.165) is 11.5 Å². The van der Waals surface area contributed by atoms with Crippen LogP contribution in [0, 0.1) is 0 Å². The molecule has 21 heavy (non-hydrogen) atoms. The molecule has 4 N–H and O–H groups in total. The van der Waals surface area contributed by atoms with Crippen molar-refractivity contribution in [2.75, 3.05) is 12.5 Å². The Bertz CT molecular complexity index is 469. The number of aromatic nitrogens is 2. The fraction of sp³-hybridized carbons (Fsp3) is 0.556. The summed E-state index contributed by atoms with van der Waals surface area (Å²) in [5.74, 6) is -0.0176. The highest BCUT2D eigenvalue weighted by molar-refractivity contribution is 7.93. The number of nitrogens with zero attached hydrogens (tertiary/aromatic N) is 2. The van der Waals surface area contributed by atoms with Crippen LogP contribution >= 0.6 is 23.8 Å². The first-order valence-corrected chi connectivity index (χ1v) is 7.33. The van der Waals surface area contributed by atoms with Crippen molar-refractivity contribution in [1.29, 1.82) is 0 Å². The second-order valence-corrected chi connectivity index (χ2v) is 5.17. The van der Waals surface area contributed by atoms with E-state index in [0.29, 0.717) is 23.2 Å². The lowest BCUT2D eigenvalue weighted by atomic mass is 10.4. The summed E-state index contributed by atoms with van der Waals surface area (Å²) < 4.78 is 10.8. The Labute approximate surface area is 129 Å². The number of hydrogen-bond donors (Lipinski definition) is 4. The molecular weight excluding hydrogens is 320 g/mol. The molecule has 3 amide bonds. The number of carbonyl (C=O) groups excluding carboxylic acids is 2. The third-order valence-electron chi connectivity index (χ3n) is 1.75. The molecule has 0 aliphatic carbocycles. The topological polar surface area (TPSA) is 127 Å². The minimum Gasteiger partial charge on any atom is -0.335 e. The van der Waals surface area contributed by atoms with Gasteiger partial charge in [0.15, 0.2) is 18.1 Å². The number of amides is 3. The van der Waals surface area contributed by atoms with Crippen LogP contribution in [-0.4, -0.2) is 34.4 Å². The van der Waals surface area contributed by atoms with Crippen LogP contribution in [0.3, 0.4) is 0 Å². The standard InChI is InChI=1S/C9H16N6O4S2/c1-5(2)10-8(17)12-13-9-11-6(14-20-9)4-7(16)15-21-19-18-3/h5H,4H2,1-3H3,(H,15,16)(H2,10,12,17)(H,11,13,14). The molecule has 118 valence electrons. The summed E-state index contributed by atoms with van der Waals surface area (Å²) in [6.45, 7) is 3.68. The maximum Gasteiger partial charge on any atom is 0.333 e. The molecule has 0 bridgehead atoms. The maximum absolute atomic E-state index is 11.4. The van der Waals surface area contributed by atoms with Gasteiger partial charge in [0.2, 0.25) is 11.0 Å². The number of urea groups is 1. The first kappa shape index (κ1) is 17.4. The molecule has 0 unspecified atom stereocenters. The highest BCUT2D eigenvalue weighted by Gasteiger charge is 2.10. The van der Waals surface area contributed by atoms with Crippen LogP contribution in [0.15, 0.2) is 0 Å². The Morgan fingerprint density at radius 3 is 2.86 bits per heavy atom. The third kappa shape index (κ3) is 7.65. The highest BCUT2D eigenvalue weighted by Crippen LogP contribution is 2.10. The zero-order valence-electron chi connectivity index (χ0n) is 11.6. The number of rotatable bonds is 8. The second-order valence-electron chi connectivity index (χ2n) is 3.91. The average molecular weight is 336 g/mol. The van der Waals surface area contributed by atoms with E-state index in [2.05, 4.69) is 39.5 Å². The van der Waals surface area contributed by atoms with Gasteiger partial charge in [-0.2, -0.15) is 4.37 Å². The molecule has 12 heteroatoms. The maximum atomic E-state index is 11.4. The molecule has 1 rings (SSSR count). The van der Waals surface area contributed by atoms with Crippen LogP contribution in [0.25, 0.3) is 0 Å². The quantitative estimate of drug-likeness (QED) is 0.176. The average Bonchev–Trinajstić information content (AvgIpc) is 2.83. The Balaban J connectivity index is 2.32. The third-order valence-corrected chi connectivity index (χ3v) is 2.93. The summed E-state index contributed by atoms with van der Waals surface area (Å²) in [5.41, 5.74) is 5.00. The zero-order chi connectivity index (χ0) is 15.7. The van der Waals surface area contributed by atoms with Crippen molar-refractivity contribution in [3.63, 3.8) is 0 Å². The van der Waals surface area contributed by atoms with Crippen LogP contribution in [0.2, 0.25) is 0 Å². The number of nitrogens with one attached hydrogen (secondary N) is 4. The summed E-state index contributed by atoms with van der Waals surface area (Å²) in [7, 11) is 1.32. The van der Waals surface area contributed by atoms with Gasteiger partial charge in [0.25, 0.3) is 0 Å². The van der Waals surface area contributed by atoms with Crippen molar-refractivity contribution in [3.05, 3.63) is 5.82 Å². The number of hydrogen-bond acceptors (Lipinski definition) is 9. The first-order valence-electron chi connectivity index (χ1n) is 5.81. The van der Waals surface area contributed by atoms with E-state index in [1.54, 1.807) is 0 Å². The molecule has 1 aromatic rings. The minimum absolute atomic E-state index is 0.0174. The summed E-state index contributed by atoms with van der Waals surface area (Å²) in [6, 6.07) is -0.361. The van der Waals surface area contributed by atoms with Crippen LogP contribution in [0.5, 0.6) is 0 Å². The minimum atomic E-state index is -0.382. The molecule has 0 atom stereocenters. The normalized spacial score (nSPS) is 10.3. The van der Waals surface area contributed by atoms with Gasteiger partial charge in [0.1, 0.15) is 0 Å². The van der Waals surface area contributed by atoms with Gasteiger partial charge in [-0.3, -0.25) is 14.9 Å². The van der Waals surface area contributed by atoms with E-state index in [4.69, 9.17) is 0 Å². The lowest BCUT2D eigenvalue weighted by Gasteiger charge is -2.09. The Hall–Kier alpha value is -1.63. The molecule has 0 spiro atoms. The van der Waals surface area contributed by atoms with Gasteiger partial charge in [-0.1, -0.05) is 0 Å². The molecule has 1 aromatic heterocycles. The fourth-order valence-electron chi connectivity index (χ4n) is 1.06. The van der Waals surface area contributed by atoms with E-state index in [1.807, 2.05) is 13.8 Å². The molecular formula is C9H16N6O4S2. The molecule has 1 heterocycles. The predicted octanol–water partition coefficient (Wildman–Crippen LogP) is 0.372. The van der Waals surface area contributed by atoms with Gasteiger partial charge < -0.3 is 5.32 Å². The number of anilines is 1. The Morgan fingerprint density at radius 2 is 2.19 bits per heavy atom. The van der Waals surface area contributed by atoms with Crippen molar-refractivity contribution >= 4 is 40.8 Å². The molecule has 0 radical (unpaired) electrons. The van der Waals surface area contributed by atoms with Crippen LogP contribution in [-0.2, 0) is 20.4 Å². The van der Waals surface area contributed by atoms with E-state index >= 15 is 0 Å². The van der Waals surface area contributed by atoms with Gasteiger partial charge in [0.05, 0.1) is 13.5 Å². The number of hydrazine groups is 1. The van der Waals surface area contributed by atoms with Crippen molar-refractivity contribution < 1.29 is 18.8 Å². The Kier molecular flexibility index (Phi) is 7.74. The smallest absolute Gasteiger partial charge is 0.333 e. The molecule has 0 saturated carbocycles. The van der Waals surface area contributed by atoms with Gasteiger partial charge in [-0.05, 0) is 13.8 Å². The van der Waals surface area contributed by atoms with Crippen LogP contribution in [0.4, 0.5) is 9.93 Å². The lowest BCUT2D eigenvalue weighted by Crippen LogP contribution is -2.42. The van der Waals surface area contributed by atoms with Crippen LogP contribution < -0.4 is 20.9 Å². The Morgan fingerprint density at radius 1 is 1.43 bits per heavy atom. The van der Waals surface area contributed by atoms with Gasteiger partial charge in [-0.25, -0.2) is 20.1 Å². The summed E-state index contributed by atoms with van der Waals surface area (Å²) in [4.78, 5) is 31.1. The molecule has 0 aliphatic rings. The van der Waals surface area contributed by atoms with Crippen molar-refractivity contribution in [2.24, 2.45) is 0 Å². The lowest BCUT2D eigenvalue weighted by molar-refractivity contribution is -0.161. The molecule has 10 nitrogen and oxygen atoms in total. The van der Waals surface area contributed by atoms with Crippen molar-refractivity contribution in [3.8, 4) is 0 Å². The zero-order valence-corrected chi connectivity index (χ0v) is 13.3. The largest absolute Gasteiger partial charge is 0.335 e. The van der Waals surface area contributed by atoms with E-state index in [-0.39, 0.29) is 24.4 Å². The van der Waals surface area contributed by atoms with Crippen LogP contribution in [0.1, 0.15) is 19.7 Å². The van der Waals surface area contributed by atoms with E-state index in [9.17, 15) is 9.59 Å². The second kappa shape index (κ2) is 9.33. The van der Waals surface area contributed by atoms with E-state index in [1.165, 1.54) is 7.11 Å². The first-order chi connectivity index (χ1) is 10.0. The number of carbonyl (C=O) groups is 2. The van der Waals surface area contributed by atoms with Gasteiger partial charge in [0, 0.05) is 17.6 Å². The SMILES string of the molecule is COOSNC(=O)Cc1nsc(NNC(=O)NC(C)C)n1. The summed E-state index contributed by atoms with van der Waals surface area (Å²) >= 11 is 1.68. The van der Waals surface area contributed by atoms with E-state index < -0.39 is 0 Å². The monoisotopic (exact) mass is 336 g/mol. The summed E-state index contributed by atoms with van der Waals surface area (Å²) in [5, 5.41) is 3.00.